The van der Waals surface area contributed by atoms with Gasteiger partial charge in [-0.2, -0.15) is 0 Å². The molecular formula is C18H30. The summed E-state index contributed by atoms with van der Waals surface area (Å²) in [4.78, 5) is 0. The number of hydrogen-bond acceptors (Lipinski definition) is 0. The summed E-state index contributed by atoms with van der Waals surface area (Å²) >= 11 is 0. The smallest absolute Gasteiger partial charge is 0.0617 e. The normalized spacial score (nSPS) is 16.2. The van der Waals surface area contributed by atoms with E-state index in [-0.39, 0.29) is 34.4 Å². The fourth-order valence-corrected chi connectivity index (χ4v) is 2.28. The van der Waals surface area contributed by atoms with E-state index in [1.165, 1.54) is 0 Å². The Kier molecular flexibility index (Phi) is 2.71. The highest BCUT2D eigenvalue weighted by molar-refractivity contribution is 5.46. The Morgan fingerprint density at radius 1 is 0.667 bits per heavy atom. The molecule has 0 bridgehead atoms. The molecule has 0 fully saturated rings. The Morgan fingerprint density at radius 2 is 1.00 bits per heavy atom. The van der Waals surface area contributed by atoms with Crippen LogP contribution in [0.15, 0.2) is 18.1 Å². The minimum Gasteiger partial charge on any atom is -0.0617 e. The summed E-state index contributed by atoms with van der Waals surface area (Å²) in [5, 5.41) is 0. The Morgan fingerprint density at radius 3 is 1.22 bits per heavy atom. The van der Waals surface area contributed by atoms with E-state index in [9.17, 15) is 0 Å². The lowest BCUT2D eigenvalue weighted by Gasteiger charge is -2.36. The Labute approximate surface area is 118 Å². The average molecular weight is 249 g/mol. The highest BCUT2D eigenvalue weighted by atomic mass is 14.3. The molecule has 0 atom stereocenters. The van der Waals surface area contributed by atoms with Gasteiger partial charge in [-0.1, -0.05) is 80.4 Å². The van der Waals surface area contributed by atoms with Gasteiger partial charge in [-0.25, -0.2) is 0 Å². The molecule has 0 nitrogen and oxygen atoms in total. The predicted octanol–water partition coefficient (Wildman–Crippen LogP) is 5.58. The van der Waals surface area contributed by atoms with Crippen molar-refractivity contribution in [2.24, 2.45) is 0 Å². The largest absolute Gasteiger partial charge is 0.0626 e. The lowest BCUT2D eigenvalue weighted by Crippen LogP contribution is -2.27. The van der Waals surface area contributed by atoms with Gasteiger partial charge >= 0.3 is 0 Å². The summed E-state index contributed by atoms with van der Waals surface area (Å²) in [6.07, 6.45) is 0. The molecule has 0 saturated carbocycles. The first-order valence-corrected chi connectivity index (χ1v) is 6.75. The van der Waals surface area contributed by atoms with Gasteiger partial charge in [-0.3, -0.25) is 0 Å². The van der Waals surface area contributed by atoms with Gasteiger partial charge in [0.1, 0.15) is 0 Å². The van der Waals surface area contributed by atoms with Crippen molar-refractivity contribution in [3.63, 3.8) is 0 Å². The van der Waals surface area contributed by atoms with Crippen LogP contribution < -0.4 is 0 Å². The Balaban J connectivity index is 4.12. The van der Waals surface area contributed by atoms with Gasteiger partial charge < -0.3 is 0 Å². The molecule has 0 aliphatic rings. The van der Waals surface area contributed by atoms with Crippen LogP contribution in [0.25, 0.3) is 0 Å². The first-order chi connectivity index (χ1) is 9.10. The van der Waals surface area contributed by atoms with Crippen LogP contribution in [0.2, 0.25) is 0 Å². The zero-order valence-corrected chi connectivity index (χ0v) is 13.5. The molecule has 102 valence electrons. The lowest BCUT2D eigenvalue weighted by atomic mass is 9.69. The van der Waals surface area contributed by atoms with E-state index in [2.05, 4.69) is 62.3 Å². The van der Waals surface area contributed by atoms with Crippen molar-refractivity contribution in [3.8, 4) is 0 Å². The SMILES string of the molecule is [2H]c1c([2H])c(C(C)(C)C)c(C(C)(C)C)c(C(C)(C)C)c1[2H]. The van der Waals surface area contributed by atoms with Crippen LogP contribution in [0.5, 0.6) is 0 Å². The number of benzene rings is 1. The van der Waals surface area contributed by atoms with Crippen LogP contribution in [0.3, 0.4) is 0 Å². The molecule has 0 spiro atoms. The zero-order valence-electron chi connectivity index (χ0n) is 16.5. The van der Waals surface area contributed by atoms with Gasteiger partial charge in [0.05, 0.1) is 4.11 Å². The summed E-state index contributed by atoms with van der Waals surface area (Å²) in [7, 11) is 0. The van der Waals surface area contributed by atoms with Crippen LogP contribution in [0, 0.1) is 0 Å². The minimum absolute atomic E-state index is 0.0536. The first-order valence-electron chi connectivity index (χ1n) is 8.25. The maximum absolute atomic E-state index is 8.41. The number of rotatable bonds is 0. The van der Waals surface area contributed by atoms with Crippen LogP contribution in [-0.2, 0) is 16.2 Å². The average Bonchev–Trinajstić information content (AvgIpc) is 2.19. The molecule has 0 unspecified atom stereocenters. The van der Waals surface area contributed by atoms with E-state index in [0.29, 0.717) is 0 Å². The maximum atomic E-state index is 8.41. The summed E-state index contributed by atoms with van der Waals surface area (Å²) in [6.45, 7) is 18.9. The summed E-state index contributed by atoms with van der Waals surface area (Å²) < 4.78 is 25.0. The van der Waals surface area contributed by atoms with E-state index in [0.717, 1.165) is 16.7 Å². The summed E-state index contributed by atoms with van der Waals surface area (Å²) in [5.41, 5.74) is 2.31. The highest BCUT2D eigenvalue weighted by Gasteiger charge is 2.30. The summed E-state index contributed by atoms with van der Waals surface area (Å²) in [6, 6.07) is 0.480. The van der Waals surface area contributed by atoms with Gasteiger partial charge in [0.2, 0.25) is 0 Å². The quantitative estimate of drug-likeness (QED) is 0.563. The third-order valence-corrected chi connectivity index (χ3v) is 3.12. The van der Waals surface area contributed by atoms with Crippen molar-refractivity contribution < 1.29 is 4.11 Å². The van der Waals surface area contributed by atoms with E-state index in [1.807, 2.05) is 0 Å². The molecule has 0 aliphatic carbocycles. The zero-order chi connectivity index (χ0) is 17.0. The Bertz CT molecular complexity index is 509. The monoisotopic (exact) mass is 249 g/mol. The van der Waals surface area contributed by atoms with E-state index >= 15 is 0 Å². The molecule has 18 heavy (non-hydrogen) atoms. The molecule has 0 amide bonds. The molecule has 0 aromatic heterocycles. The van der Waals surface area contributed by atoms with Crippen molar-refractivity contribution in [3.05, 3.63) is 34.8 Å². The third kappa shape index (κ3) is 3.16. The van der Waals surface area contributed by atoms with Crippen molar-refractivity contribution >= 4 is 0 Å². The molecular weight excluding hydrogens is 216 g/mol. The maximum Gasteiger partial charge on any atom is 0.0626 e. The molecule has 0 N–H and O–H groups in total. The van der Waals surface area contributed by atoms with E-state index < -0.39 is 0 Å². The van der Waals surface area contributed by atoms with Crippen molar-refractivity contribution in [1.82, 2.24) is 0 Å². The van der Waals surface area contributed by atoms with Crippen molar-refractivity contribution in [1.29, 1.82) is 0 Å². The molecule has 0 radical (unpaired) electrons. The second kappa shape index (κ2) is 4.40. The van der Waals surface area contributed by atoms with Crippen molar-refractivity contribution in [2.45, 2.75) is 78.6 Å². The summed E-state index contributed by atoms with van der Waals surface area (Å²) in [5.74, 6) is 0. The highest BCUT2D eigenvalue weighted by Crippen LogP contribution is 2.40. The van der Waals surface area contributed by atoms with E-state index in [1.54, 1.807) is 0 Å². The standard InChI is InChI=1S/C18H30/c1-16(2,3)13-11-10-12-14(17(4,5)6)15(13)18(7,8)9/h10-12H,1-9H3/i10D,11D,12D. The molecule has 1 aromatic rings. The van der Waals surface area contributed by atoms with Crippen LogP contribution >= 0.6 is 0 Å². The molecule has 0 aliphatic heterocycles. The predicted molar refractivity (Wildman–Crippen MR) is 82.5 cm³/mol. The van der Waals surface area contributed by atoms with Crippen molar-refractivity contribution in [2.75, 3.05) is 0 Å². The second-order valence-corrected chi connectivity index (χ2v) is 8.25. The van der Waals surface area contributed by atoms with E-state index in [4.69, 9.17) is 4.11 Å². The third-order valence-electron chi connectivity index (χ3n) is 3.12. The van der Waals surface area contributed by atoms with Gasteiger partial charge in [-0.15, -0.1) is 0 Å². The van der Waals surface area contributed by atoms with Crippen LogP contribution in [0.1, 0.15) is 83.1 Å². The number of hydrogen-bond donors (Lipinski definition) is 0. The van der Waals surface area contributed by atoms with Gasteiger partial charge in [-0.05, 0) is 32.9 Å². The molecule has 0 heteroatoms. The van der Waals surface area contributed by atoms with Gasteiger partial charge in [0.25, 0.3) is 0 Å². The fourth-order valence-electron chi connectivity index (χ4n) is 2.28. The molecule has 0 heterocycles. The molecule has 1 rings (SSSR count). The minimum atomic E-state index is -0.219. The lowest BCUT2D eigenvalue weighted by molar-refractivity contribution is 0.498. The fraction of sp³-hybridized carbons (Fsp3) is 0.667. The topological polar surface area (TPSA) is 0 Å². The van der Waals surface area contributed by atoms with Gasteiger partial charge in [0.15, 0.2) is 0 Å². The first kappa shape index (κ1) is 11.1. The second-order valence-electron chi connectivity index (χ2n) is 8.25. The Hall–Kier alpha value is -0.780. The van der Waals surface area contributed by atoms with Gasteiger partial charge in [0, 0.05) is 0 Å². The van der Waals surface area contributed by atoms with Crippen LogP contribution in [-0.4, -0.2) is 0 Å². The van der Waals surface area contributed by atoms with Crippen LogP contribution in [0.4, 0.5) is 0 Å². The molecule has 0 saturated heterocycles. The molecule has 1 aromatic carbocycles.